The molecule has 4 aliphatic heterocycles. The Balaban J connectivity index is 0.000000205. The average molecular weight is 1650 g/mol. The molecule has 0 aliphatic carbocycles. The number of carbonyl (C=O) groups excluding carboxylic acids is 12. The number of rotatable bonds is 18. The molecule has 6 aromatic carbocycles. The van der Waals surface area contributed by atoms with Crippen molar-refractivity contribution in [1.29, 1.82) is 0 Å². The van der Waals surface area contributed by atoms with Crippen molar-refractivity contribution in [1.82, 2.24) is 9.97 Å². The molecular formula is C80H85Cl3N6O26. The van der Waals surface area contributed by atoms with E-state index in [2.05, 4.69) is 25.9 Å². The van der Waals surface area contributed by atoms with Gasteiger partial charge in [-0.15, -0.1) is 23.2 Å². The monoisotopic (exact) mass is 1650 g/mol. The number of methoxy groups -OCH3 is 2. The van der Waals surface area contributed by atoms with Gasteiger partial charge in [-0.3, -0.25) is 49.0 Å². The number of halogens is 3. The van der Waals surface area contributed by atoms with Gasteiger partial charge in [0.25, 0.3) is 11.1 Å². The normalized spacial score (nSPS) is 21.3. The summed E-state index contributed by atoms with van der Waals surface area (Å²) in [4.78, 5) is 156. The summed E-state index contributed by atoms with van der Waals surface area (Å²) in [5.41, 5.74) is 4.88. The fraction of sp³-hybridized carbons (Fsp3) is 0.400. The molecule has 612 valence electrons. The van der Waals surface area contributed by atoms with E-state index in [1.807, 2.05) is 36.4 Å². The van der Waals surface area contributed by atoms with Gasteiger partial charge in [0.05, 0.1) is 25.6 Å². The molecule has 0 saturated carbocycles. The van der Waals surface area contributed by atoms with Gasteiger partial charge in [0, 0.05) is 140 Å². The lowest BCUT2D eigenvalue weighted by molar-refractivity contribution is -0.282. The molecule has 2 unspecified atom stereocenters. The second kappa shape index (κ2) is 36.4. The summed E-state index contributed by atoms with van der Waals surface area (Å²) in [6.07, 6.45) is -16.5. The number of benzene rings is 6. The number of fused-ring (bicyclic) bond motifs is 8. The fourth-order valence-corrected chi connectivity index (χ4v) is 14.2. The van der Waals surface area contributed by atoms with Crippen LogP contribution in [0.15, 0.2) is 109 Å². The van der Waals surface area contributed by atoms with Crippen molar-refractivity contribution in [3.05, 3.63) is 132 Å². The fourth-order valence-electron chi connectivity index (χ4n) is 13.6. The number of hydrogen-bond acceptors (Lipinski definition) is 27. The number of amides is 3. The summed E-state index contributed by atoms with van der Waals surface area (Å²) < 4.78 is 77.6. The second-order valence-electron chi connectivity index (χ2n) is 28.8. The number of nitrogens with one attached hydrogen (secondary N) is 5. The number of H-pyrrole nitrogens is 2. The Hall–Kier alpha value is -11.5. The maximum absolute atomic E-state index is 14.4. The van der Waals surface area contributed by atoms with E-state index in [1.165, 1.54) is 0 Å². The van der Waals surface area contributed by atoms with Crippen LogP contribution in [-0.2, 0) is 95.2 Å². The van der Waals surface area contributed by atoms with Gasteiger partial charge in [-0.05, 0) is 124 Å². The molecule has 115 heavy (non-hydrogen) atoms. The summed E-state index contributed by atoms with van der Waals surface area (Å²) >= 11 is 18.1. The van der Waals surface area contributed by atoms with Crippen LogP contribution in [0.5, 0.6) is 11.5 Å². The van der Waals surface area contributed by atoms with Crippen LogP contribution < -0.4 is 30.3 Å². The molecule has 2 saturated heterocycles. The zero-order valence-corrected chi connectivity index (χ0v) is 67.1. The first-order valence-electron chi connectivity index (χ1n) is 35.9. The molecule has 12 rings (SSSR count). The zero-order valence-electron chi connectivity index (χ0n) is 64.8. The van der Waals surface area contributed by atoms with Gasteiger partial charge in [0.15, 0.2) is 36.6 Å². The van der Waals surface area contributed by atoms with E-state index in [0.717, 1.165) is 94.3 Å². The van der Waals surface area contributed by atoms with E-state index in [-0.39, 0.29) is 41.6 Å². The average Bonchev–Trinajstić information content (AvgIpc) is 1.73. The molecule has 8 aromatic rings. The highest BCUT2D eigenvalue weighted by Crippen LogP contribution is 2.48. The quantitative estimate of drug-likeness (QED) is 0.0230. The van der Waals surface area contributed by atoms with Gasteiger partial charge < -0.3 is 86.5 Å². The Bertz CT molecular complexity index is 5090. The van der Waals surface area contributed by atoms with Gasteiger partial charge in [0.2, 0.25) is 24.8 Å². The Morgan fingerprint density at radius 2 is 0.870 bits per heavy atom. The van der Waals surface area contributed by atoms with Crippen molar-refractivity contribution in [2.24, 2.45) is 0 Å². The number of aromatic nitrogens is 2. The first-order chi connectivity index (χ1) is 54.4. The predicted molar refractivity (Wildman–Crippen MR) is 417 cm³/mol. The van der Waals surface area contributed by atoms with Crippen LogP contribution in [0, 0.1) is 0 Å². The van der Waals surface area contributed by atoms with Gasteiger partial charge in [-0.25, -0.2) is 19.2 Å². The second-order valence-corrected chi connectivity index (χ2v) is 29.8. The van der Waals surface area contributed by atoms with E-state index >= 15 is 0 Å². The molecular weight excluding hydrogens is 1570 g/mol. The Labute approximate surface area is 673 Å². The Morgan fingerprint density at radius 1 is 0.478 bits per heavy atom. The summed E-state index contributed by atoms with van der Waals surface area (Å²) in [6, 6.07) is 31.7. The van der Waals surface area contributed by atoms with Crippen LogP contribution in [-0.4, -0.2) is 193 Å². The molecule has 35 heteroatoms. The molecule has 3 amide bonds. The number of ether oxygens (including phenoxy) is 14. The van der Waals surface area contributed by atoms with Crippen LogP contribution in [0.2, 0.25) is 0 Å². The van der Waals surface area contributed by atoms with Gasteiger partial charge in [-0.1, -0.05) is 48.5 Å². The van der Waals surface area contributed by atoms with Crippen LogP contribution in [0.1, 0.15) is 127 Å². The van der Waals surface area contributed by atoms with E-state index in [4.69, 9.17) is 101 Å². The minimum Gasteiger partial charge on any atom is -0.467 e. The topological polar surface area (TPSA) is 405 Å². The molecule has 5 N–H and O–H groups in total. The van der Waals surface area contributed by atoms with E-state index in [1.54, 1.807) is 119 Å². The summed E-state index contributed by atoms with van der Waals surface area (Å²) in [5, 5.41) is 12.4. The molecule has 2 fully saturated rings. The molecule has 4 aliphatic rings. The Kier molecular flexibility index (Phi) is 27.2. The molecule has 6 heterocycles. The highest BCUT2D eigenvalue weighted by atomic mass is 35.5. The minimum atomic E-state index is -1.68. The van der Waals surface area contributed by atoms with Crippen molar-refractivity contribution < 1.29 is 124 Å². The Morgan fingerprint density at radius 3 is 1.28 bits per heavy atom. The van der Waals surface area contributed by atoms with Gasteiger partial charge >= 0.3 is 59.9 Å². The lowest BCUT2D eigenvalue weighted by Crippen LogP contribution is -2.64. The van der Waals surface area contributed by atoms with E-state index < -0.39 is 138 Å². The largest absolute Gasteiger partial charge is 0.467 e. The van der Waals surface area contributed by atoms with Crippen molar-refractivity contribution >= 4 is 172 Å². The van der Waals surface area contributed by atoms with Crippen LogP contribution in [0.4, 0.5) is 32.3 Å². The number of hydrogen-bond donors (Lipinski definition) is 5. The standard InChI is InChI=1S/C40H42ClN3O13.C26H28ClNO10.C14H15ClN2O3/c1-19(45)52-32-33(53-20(2)46)35(54-21(3)47)38(56-34(32)37(49)51-7)55-30-16-29-31(26-11-9-8-10-25(26)30)23(17-41)18-44(29)36(48)28-15-22-14-24(12-13-27(22)43-28)42-39(50)57-40(4,5)6;1-12(29)34-21-22(35-13(2)30)24(36-14(3)31)26(38-23(21)25(32)33-4)37-19-9-18-20(15(10-27)11-28-18)17-8-6-5-7-16(17)19;1-14(2,3)20-13(19)16-9-4-5-10-8(6-9)7-11(17-10)12(15)18/h8-16,23,32-35,38,43H,17-18H2,1-7H3,(H,42,50);5-9,15,21-24,26,28H,10-11H2,1-4H3;4-7,17H,1-3H3,(H,16,19)/t23-,32+,33+,34+,35-,38?;15-,21+,22+,23+,24-,26?;/m11./s1. The SMILES string of the molecule is CC(C)(C)OC(=O)Nc1ccc2[nH]c(C(=O)Cl)cc2c1.COC(=O)[C@H]1OC(Oc2cc3c(c4ccccc24)[C@H](CCl)CN3)[C@H](OC(C)=O)[C@@H](OC(C)=O)[C@@H]1OC(C)=O.COC(=O)[C@H]1OC(Oc2cc3c(c4ccccc24)[C@H](CCl)CN3C(=O)c2cc3cc(NC(=O)OC(C)(C)C)ccc3[nH]2)[C@H](OC(C)=O)[C@@H](OC(C)=O)[C@@H]1OC(C)=O. The molecule has 12 atom stereocenters. The number of carbonyl (C=O) groups is 12. The summed E-state index contributed by atoms with van der Waals surface area (Å²) in [7, 11) is 2.21. The first-order valence-corrected chi connectivity index (χ1v) is 37.4. The lowest BCUT2D eigenvalue weighted by atomic mass is 9.95. The number of anilines is 4. The number of alkyl halides is 2. The molecule has 2 aromatic heterocycles. The molecule has 0 bridgehead atoms. The van der Waals surface area contributed by atoms with E-state index in [0.29, 0.717) is 62.6 Å². The molecule has 0 radical (unpaired) electrons. The lowest BCUT2D eigenvalue weighted by Gasteiger charge is -2.43. The zero-order chi connectivity index (χ0) is 83.8. The van der Waals surface area contributed by atoms with Crippen LogP contribution in [0.25, 0.3) is 43.4 Å². The van der Waals surface area contributed by atoms with Crippen LogP contribution in [0.3, 0.4) is 0 Å². The number of esters is 8. The summed E-state index contributed by atoms with van der Waals surface area (Å²) in [6.45, 7) is 18.2. The first kappa shape index (κ1) is 86.0. The molecule has 0 spiro atoms. The third-order valence-electron chi connectivity index (χ3n) is 17.9. The van der Waals surface area contributed by atoms with Gasteiger partial charge in [0.1, 0.15) is 28.4 Å². The minimum absolute atomic E-state index is 0.0897. The van der Waals surface area contributed by atoms with Gasteiger partial charge in [-0.2, -0.15) is 0 Å². The number of aromatic amines is 2. The van der Waals surface area contributed by atoms with Crippen molar-refractivity contribution in [2.45, 2.75) is 168 Å². The van der Waals surface area contributed by atoms with E-state index in [9.17, 15) is 57.5 Å². The predicted octanol–water partition coefficient (Wildman–Crippen LogP) is 12.3. The highest BCUT2D eigenvalue weighted by Gasteiger charge is 2.58. The smallest absolute Gasteiger partial charge is 0.412 e. The maximum atomic E-state index is 14.4. The summed E-state index contributed by atoms with van der Waals surface area (Å²) in [5.74, 6) is -6.19. The van der Waals surface area contributed by atoms with Crippen molar-refractivity contribution in [3.63, 3.8) is 0 Å². The third-order valence-corrected chi connectivity index (χ3v) is 18.8. The molecule has 32 nitrogen and oxygen atoms in total. The third kappa shape index (κ3) is 20.7. The number of nitrogens with zero attached hydrogens (tertiary/aromatic N) is 1. The highest BCUT2D eigenvalue weighted by molar-refractivity contribution is 6.67. The maximum Gasteiger partial charge on any atom is 0.412 e. The van der Waals surface area contributed by atoms with Crippen molar-refractivity contribution in [3.8, 4) is 11.5 Å². The van der Waals surface area contributed by atoms with Crippen molar-refractivity contribution in [2.75, 3.05) is 59.9 Å². The van der Waals surface area contributed by atoms with Crippen LogP contribution >= 0.6 is 34.8 Å².